The third kappa shape index (κ3) is 3.33. The van der Waals surface area contributed by atoms with Crippen LogP contribution in [0.4, 0.5) is 15.8 Å². The molecule has 0 saturated heterocycles. The summed E-state index contributed by atoms with van der Waals surface area (Å²) in [4.78, 5) is 20.5. The molecule has 1 amide bonds. The Morgan fingerprint density at radius 1 is 1.29 bits per heavy atom. The van der Waals surface area contributed by atoms with Crippen molar-refractivity contribution in [1.29, 1.82) is 0 Å². The Hall–Kier alpha value is -3.01. The molecule has 0 aliphatic rings. The normalized spacial score (nSPS) is 11.1. The van der Waals surface area contributed by atoms with E-state index in [-0.39, 0.29) is 16.8 Å². The summed E-state index contributed by atoms with van der Waals surface area (Å²) in [5, 5.41) is 10.9. The largest absolute Gasteiger partial charge is 0.366 e. The van der Waals surface area contributed by atoms with E-state index in [9.17, 15) is 27.7 Å². The monoisotopic (exact) mass is 353 g/mol. The van der Waals surface area contributed by atoms with Crippen molar-refractivity contribution in [1.82, 2.24) is 0 Å². The van der Waals surface area contributed by atoms with Crippen molar-refractivity contribution >= 4 is 27.3 Å². The summed E-state index contributed by atoms with van der Waals surface area (Å²) in [6.07, 6.45) is 0. The van der Waals surface area contributed by atoms with Gasteiger partial charge in [-0.3, -0.25) is 19.6 Å². The molecule has 0 bridgehead atoms. The summed E-state index contributed by atoms with van der Waals surface area (Å²) >= 11 is 0. The highest BCUT2D eigenvalue weighted by Gasteiger charge is 2.26. The van der Waals surface area contributed by atoms with Gasteiger partial charge in [0.15, 0.2) is 0 Å². The summed E-state index contributed by atoms with van der Waals surface area (Å²) in [5.41, 5.74) is 4.31. The van der Waals surface area contributed by atoms with Gasteiger partial charge in [-0.15, -0.1) is 0 Å². The maximum absolute atomic E-state index is 14.0. The number of primary amides is 1. The molecule has 0 aliphatic carbocycles. The smallest absolute Gasteiger partial charge is 0.273 e. The van der Waals surface area contributed by atoms with Crippen molar-refractivity contribution in [3.05, 3.63) is 63.5 Å². The number of nitro benzene ring substituents is 1. The lowest BCUT2D eigenvalue weighted by Crippen LogP contribution is -2.19. The molecule has 0 fully saturated rings. The zero-order valence-corrected chi connectivity index (χ0v) is 13.1. The zero-order chi connectivity index (χ0) is 18.1. The molecule has 0 aliphatic heterocycles. The Bertz CT molecular complexity index is 943. The fraction of sp³-hybridized carbons (Fsp3) is 0.0714. The number of halogens is 1. The molecule has 3 N–H and O–H groups in total. The van der Waals surface area contributed by atoms with E-state index in [0.29, 0.717) is 6.07 Å². The van der Waals surface area contributed by atoms with Gasteiger partial charge in [-0.1, -0.05) is 12.1 Å². The zero-order valence-electron chi connectivity index (χ0n) is 12.3. The molecule has 2 aromatic rings. The number of nitrogens with one attached hydrogen (secondary N) is 1. The number of benzene rings is 2. The first-order valence-electron chi connectivity index (χ1n) is 6.49. The molecule has 0 aromatic heterocycles. The lowest BCUT2D eigenvalue weighted by atomic mass is 10.2. The van der Waals surface area contributed by atoms with Gasteiger partial charge in [0.05, 0.1) is 16.2 Å². The third-order valence-electron chi connectivity index (χ3n) is 3.17. The number of rotatable bonds is 5. The lowest BCUT2D eigenvalue weighted by molar-refractivity contribution is -0.385. The Labute approximate surface area is 136 Å². The number of anilines is 1. The van der Waals surface area contributed by atoms with Crippen LogP contribution in [0.1, 0.15) is 15.9 Å². The lowest BCUT2D eigenvalue weighted by Gasteiger charge is -2.12. The predicted molar refractivity (Wildman–Crippen MR) is 83.6 cm³/mol. The Morgan fingerprint density at radius 2 is 1.92 bits per heavy atom. The summed E-state index contributed by atoms with van der Waals surface area (Å²) < 4.78 is 40.8. The number of para-hydroxylation sites is 1. The van der Waals surface area contributed by atoms with Gasteiger partial charge in [-0.05, 0) is 25.1 Å². The number of nitrogens with two attached hydrogens (primary N) is 1. The van der Waals surface area contributed by atoms with E-state index in [1.54, 1.807) is 0 Å². The van der Waals surface area contributed by atoms with E-state index >= 15 is 0 Å². The summed E-state index contributed by atoms with van der Waals surface area (Å²) in [5.74, 6) is -2.04. The van der Waals surface area contributed by atoms with Crippen LogP contribution in [0.2, 0.25) is 0 Å². The first-order chi connectivity index (χ1) is 11.1. The summed E-state index contributed by atoms with van der Waals surface area (Å²) in [7, 11) is -4.51. The molecule has 2 aromatic carbocycles. The van der Waals surface area contributed by atoms with Gasteiger partial charge in [0.1, 0.15) is 10.7 Å². The highest BCUT2D eigenvalue weighted by Crippen LogP contribution is 2.27. The standard InChI is InChI=1S/C14H12FN3O5S/c1-8-6-10(15)13(7-12(8)18(20)21)24(22,23)17-11-5-3-2-4-9(11)14(16)19/h2-7,17H,1H3,(H2,16,19). The van der Waals surface area contributed by atoms with Gasteiger partial charge in [0.2, 0.25) is 0 Å². The number of carbonyl (C=O) groups excluding carboxylic acids is 1. The quantitative estimate of drug-likeness (QED) is 0.626. The molecule has 0 unspecified atom stereocenters. The second-order valence-corrected chi connectivity index (χ2v) is 6.49. The van der Waals surface area contributed by atoms with Crippen LogP contribution in [0.3, 0.4) is 0 Å². The van der Waals surface area contributed by atoms with Gasteiger partial charge >= 0.3 is 0 Å². The van der Waals surface area contributed by atoms with Crippen LogP contribution >= 0.6 is 0 Å². The van der Waals surface area contributed by atoms with E-state index in [2.05, 4.69) is 0 Å². The molecular formula is C14H12FN3O5S. The fourth-order valence-corrected chi connectivity index (χ4v) is 3.19. The van der Waals surface area contributed by atoms with Gasteiger partial charge in [0.25, 0.3) is 21.6 Å². The Morgan fingerprint density at radius 3 is 2.50 bits per heavy atom. The minimum absolute atomic E-state index is 0.0195. The van der Waals surface area contributed by atoms with Crippen molar-refractivity contribution in [3.63, 3.8) is 0 Å². The Kier molecular flexibility index (Phi) is 4.51. The van der Waals surface area contributed by atoms with Gasteiger partial charge in [0, 0.05) is 11.6 Å². The van der Waals surface area contributed by atoms with Crippen LogP contribution in [0.15, 0.2) is 41.3 Å². The number of hydrogen-bond acceptors (Lipinski definition) is 5. The molecule has 126 valence electrons. The summed E-state index contributed by atoms with van der Waals surface area (Å²) in [6, 6.07) is 6.84. The number of carbonyl (C=O) groups is 1. The third-order valence-corrected chi connectivity index (χ3v) is 4.55. The van der Waals surface area contributed by atoms with E-state index in [1.807, 2.05) is 4.72 Å². The maximum Gasteiger partial charge on any atom is 0.273 e. The van der Waals surface area contributed by atoms with Crippen molar-refractivity contribution in [2.24, 2.45) is 5.73 Å². The topological polar surface area (TPSA) is 132 Å². The molecule has 0 radical (unpaired) electrons. The van der Waals surface area contributed by atoms with E-state index in [0.717, 1.165) is 6.07 Å². The molecule has 0 heterocycles. The molecule has 0 spiro atoms. The molecule has 0 saturated carbocycles. The van der Waals surface area contributed by atoms with Crippen LogP contribution in [0, 0.1) is 22.9 Å². The number of aryl methyl sites for hydroxylation is 1. The van der Waals surface area contributed by atoms with Crippen molar-refractivity contribution < 1.29 is 22.5 Å². The number of nitro groups is 1. The number of hydrogen-bond donors (Lipinski definition) is 2. The Balaban J connectivity index is 2.55. The summed E-state index contributed by atoms with van der Waals surface area (Å²) in [6.45, 7) is 1.29. The maximum atomic E-state index is 14.0. The molecule has 24 heavy (non-hydrogen) atoms. The van der Waals surface area contributed by atoms with E-state index in [4.69, 9.17) is 5.73 Å². The highest BCUT2D eigenvalue weighted by atomic mass is 32.2. The average molecular weight is 353 g/mol. The van der Waals surface area contributed by atoms with Crippen LogP contribution in [-0.2, 0) is 10.0 Å². The minimum atomic E-state index is -4.51. The second kappa shape index (κ2) is 6.24. The second-order valence-electron chi connectivity index (χ2n) is 4.84. The fourth-order valence-electron chi connectivity index (χ4n) is 2.03. The minimum Gasteiger partial charge on any atom is -0.366 e. The average Bonchev–Trinajstić information content (AvgIpc) is 2.46. The van der Waals surface area contributed by atoms with Gasteiger partial charge < -0.3 is 5.73 Å². The van der Waals surface area contributed by atoms with E-state index < -0.39 is 37.3 Å². The number of sulfonamides is 1. The highest BCUT2D eigenvalue weighted by molar-refractivity contribution is 7.92. The first kappa shape index (κ1) is 17.3. The first-order valence-corrected chi connectivity index (χ1v) is 7.98. The van der Waals surface area contributed by atoms with Crippen molar-refractivity contribution in [2.75, 3.05) is 4.72 Å². The molecule has 8 nitrogen and oxygen atoms in total. The molecule has 2 rings (SSSR count). The molecular weight excluding hydrogens is 341 g/mol. The van der Waals surface area contributed by atoms with Crippen molar-refractivity contribution in [2.45, 2.75) is 11.8 Å². The van der Waals surface area contributed by atoms with Crippen LogP contribution in [-0.4, -0.2) is 19.2 Å². The predicted octanol–water partition coefficient (Wildman–Crippen LogP) is 1.94. The van der Waals surface area contributed by atoms with Crippen LogP contribution in [0.5, 0.6) is 0 Å². The molecule has 10 heteroatoms. The molecule has 0 atom stereocenters. The number of amides is 1. The van der Waals surface area contributed by atoms with Crippen molar-refractivity contribution in [3.8, 4) is 0 Å². The van der Waals surface area contributed by atoms with Crippen LogP contribution in [0.25, 0.3) is 0 Å². The van der Waals surface area contributed by atoms with Gasteiger partial charge in [-0.25, -0.2) is 12.8 Å². The number of nitrogens with zero attached hydrogens (tertiary/aromatic N) is 1. The SMILES string of the molecule is Cc1cc(F)c(S(=O)(=O)Nc2ccccc2C(N)=O)cc1[N+](=O)[O-]. The van der Waals surface area contributed by atoms with E-state index in [1.165, 1.54) is 31.2 Å². The van der Waals surface area contributed by atoms with Crippen LogP contribution < -0.4 is 10.5 Å². The van der Waals surface area contributed by atoms with Gasteiger partial charge in [-0.2, -0.15) is 0 Å².